The fourth-order valence-electron chi connectivity index (χ4n) is 2.51. The van der Waals surface area contributed by atoms with Gasteiger partial charge in [0.15, 0.2) is 0 Å². The monoisotopic (exact) mass is 291 g/mol. The van der Waals surface area contributed by atoms with E-state index in [4.69, 9.17) is 4.98 Å². The summed E-state index contributed by atoms with van der Waals surface area (Å²) in [6.45, 7) is 15.1. The number of hydrogen-bond acceptors (Lipinski definition) is 5. The van der Waals surface area contributed by atoms with Crippen molar-refractivity contribution in [3.63, 3.8) is 0 Å². The van der Waals surface area contributed by atoms with Crippen molar-refractivity contribution in [3.8, 4) is 0 Å². The highest BCUT2D eigenvalue weighted by atomic mass is 15.3. The Morgan fingerprint density at radius 2 is 1.86 bits per heavy atom. The van der Waals surface area contributed by atoms with E-state index in [-0.39, 0.29) is 0 Å². The van der Waals surface area contributed by atoms with Gasteiger partial charge in [-0.3, -0.25) is 0 Å². The maximum absolute atomic E-state index is 4.77. The fraction of sp³-hybridized carbons (Fsp3) is 0.750. The number of hydrogen-bond donors (Lipinski definition) is 1. The molecule has 5 heteroatoms. The molecule has 0 bridgehead atoms. The van der Waals surface area contributed by atoms with E-state index in [0.29, 0.717) is 5.92 Å². The number of anilines is 2. The Morgan fingerprint density at radius 1 is 1.14 bits per heavy atom. The maximum Gasteiger partial charge on any atom is 0.135 e. The van der Waals surface area contributed by atoms with Gasteiger partial charge in [0.1, 0.15) is 17.5 Å². The third-order valence-corrected chi connectivity index (χ3v) is 3.95. The number of nitrogens with zero attached hydrogens (tertiary/aromatic N) is 4. The second kappa shape index (κ2) is 7.59. The van der Waals surface area contributed by atoms with Crippen LogP contribution in [0.3, 0.4) is 0 Å². The summed E-state index contributed by atoms with van der Waals surface area (Å²) in [4.78, 5) is 14.3. The highest BCUT2D eigenvalue weighted by molar-refractivity contribution is 5.50. The minimum absolute atomic E-state index is 0.351. The molecule has 0 aliphatic carbocycles. The van der Waals surface area contributed by atoms with Crippen LogP contribution in [0.15, 0.2) is 6.07 Å². The van der Waals surface area contributed by atoms with Crippen LogP contribution in [0, 0.1) is 0 Å². The van der Waals surface area contributed by atoms with Crippen LogP contribution in [0.4, 0.5) is 11.6 Å². The molecule has 1 fully saturated rings. The van der Waals surface area contributed by atoms with Gasteiger partial charge in [-0.15, -0.1) is 0 Å². The average Bonchev–Trinajstić information content (AvgIpc) is 2.52. The molecule has 0 spiro atoms. The molecule has 1 aromatic rings. The summed E-state index contributed by atoms with van der Waals surface area (Å²) < 4.78 is 0. The van der Waals surface area contributed by atoms with Crippen molar-refractivity contribution in [1.29, 1.82) is 0 Å². The minimum atomic E-state index is 0.351. The van der Waals surface area contributed by atoms with E-state index in [1.54, 1.807) is 0 Å². The normalized spacial score (nSPS) is 16.5. The van der Waals surface area contributed by atoms with Crippen molar-refractivity contribution in [1.82, 2.24) is 14.9 Å². The highest BCUT2D eigenvalue weighted by Crippen LogP contribution is 2.21. The number of nitrogens with one attached hydrogen (secondary N) is 1. The summed E-state index contributed by atoms with van der Waals surface area (Å²) >= 11 is 0. The Labute approximate surface area is 128 Å². The number of piperazine rings is 1. The molecule has 0 unspecified atom stereocenters. The number of rotatable bonds is 6. The molecule has 118 valence electrons. The Morgan fingerprint density at radius 3 is 2.43 bits per heavy atom. The summed E-state index contributed by atoms with van der Waals surface area (Å²) in [6.07, 6.45) is 1.10. The van der Waals surface area contributed by atoms with E-state index >= 15 is 0 Å². The smallest absolute Gasteiger partial charge is 0.135 e. The van der Waals surface area contributed by atoms with Gasteiger partial charge in [0.05, 0.1) is 0 Å². The third kappa shape index (κ3) is 4.30. The van der Waals surface area contributed by atoms with Crippen molar-refractivity contribution in [3.05, 3.63) is 11.9 Å². The lowest BCUT2D eigenvalue weighted by atomic mass is 10.2. The Bertz CT molecular complexity index is 438. The van der Waals surface area contributed by atoms with Crippen LogP contribution in [-0.2, 0) is 0 Å². The van der Waals surface area contributed by atoms with Gasteiger partial charge >= 0.3 is 0 Å². The predicted octanol–water partition coefficient (Wildman–Crippen LogP) is 2.56. The largest absolute Gasteiger partial charge is 0.370 e. The van der Waals surface area contributed by atoms with Crippen molar-refractivity contribution in [2.75, 3.05) is 49.5 Å². The molecule has 1 aliphatic rings. The van der Waals surface area contributed by atoms with Gasteiger partial charge in [-0.2, -0.15) is 0 Å². The molecule has 5 nitrogen and oxygen atoms in total. The average molecular weight is 291 g/mol. The molecule has 21 heavy (non-hydrogen) atoms. The lowest BCUT2D eigenvalue weighted by Gasteiger charge is -2.35. The van der Waals surface area contributed by atoms with E-state index in [9.17, 15) is 0 Å². The van der Waals surface area contributed by atoms with E-state index in [2.05, 4.69) is 53.9 Å². The lowest BCUT2D eigenvalue weighted by Crippen LogP contribution is -2.46. The third-order valence-electron chi connectivity index (χ3n) is 3.95. The van der Waals surface area contributed by atoms with Crippen LogP contribution >= 0.6 is 0 Å². The highest BCUT2D eigenvalue weighted by Gasteiger charge is 2.18. The molecule has 1 saturated heterocycles. The lowest BCUT2D eigenvalue weighted by molar-refractivity contribution is 0.270. The van der Waals surface area contributed by atoms with Gasteiger partial charge in [0.2, 0.25) is 0 Å². The summed E-state index contributed by atoms with van der Waals surface area (Å²) in [5.74, 6) is 3.32. The molecule has 1 N–H and O–H groups in total. The van der Waals surface area contributed by atoms with Crippen LogP contribution < -0.4 is 10.2 Å². The van der Waals surface area contributed by atoms with Crippen LogP contribution in [0.25, 0.3) is 0 Å². The Balaban J connectivity index is 2.15. The van der Waals surface area contributed by atoms with Crippen molar-refractivity contribution in [2.24, 2.45) is 0 Å². The van der Waals surface area contributed by atoms with E-state index in [1.165, 1.54) is 0 Å². The molecule has 0 amide bonds. The molecule has 1 aliphatic heterocycles. The molecule has 2 rings (SSSR count). The quantitative estimate of drug-likeness (QED) is 0.872. The van der Waals surface area contributed by atoms with Crippen molar-refractivity contribution in [2.45, 2.75) is 40.0 Å². The molecule has 1 aromatic heterocycles. The van der Waals surface area contributed by atoms with Crippen molar-refractivity contribution >= 4 is 11.6 Å². The van der Waals surface area contributed by atoms with Gasteiger partial charge in [-0.1, -0.05) is 27.7 Å². The second-order valence-corrected chi connectivity index (χ2v) is 5.97. The van der Waals surface area contributed by atoms with Crippen LogP contribution in [0.1, 0.15) is 45.9 Å². The zero-order chi connectivity index (χ0) is 15.2. The summed E-state index contributed by atoms with van der Waals surface area (Å²) in [5, 5.41) is 3.40. The standard InChI is InChI=1S/C16H29N5/c1-5-7-17-14-12-15(19-16(18-14)13(3)4)21-10-8-20(6-2)9-11-21/h12-13H,5-11H2,1-4H3,(H,17,18,19). The van der Waals surface area contributed by atoms with Gasteiger partial charge in [-0.05, 0) is 13.0 Å². The van der Waals surface area contributed by atoms with Gasteiger partial charge in [-0.25, -0.2) is 9.97 Å². The first kappa shape index (κ1) is 16.0. The number of aromatic nitrogens is 2. The first-order chi connectivity index (χ1) is 10.1. The van der Waals surface area contributed by atoms with Gasteiger partial charge < -0.3 is 15.1 Å². The summed E-state index contributed by atoms with van der Waals surface area (Å²) in [6, 6.07) is 2.10. The SMILES string of the molecule is CCCNc1cc(N2CCN(CC)CC2)nc(C(C)C)n1. The molecular formula is C16H29N5. The summed E-state index contributed by atoms with van der Waals surface area (Å²) in [7, 11) is 0. The molecule has 0 radical (unpaired) electrons. The van der Waals surface area contributed by atoms with E-state index in [1.807, 2.05) is 0 Å². The maximum atomic E-state index is 4.77. The zero-order valence-corrected chi connectivity index (χ0v) is 13.9. The molecule has 2 heterocycles. The topological polar surface area (TPSA) is 44.3 Å². The Hall–Kier alpha value is -1.36. The fourth-order valence-corrected chi connectivity index (χ4v) is 2.51. The van der Waals surface area contributed by atoms with Crippen LogP contribution in [0.5, 0.6) is 0 Å². The first-order valence-corrected chi connectivity index (χ1v) is 8.24. The molecule has 0 saturated carbocycles. The van der Waals surface area contributed by atoms with Gasteiger partial charge in [0, 0.05) is 44.7 Å². The minimum Gasteiger partial charge on any atom is -0.370 e. The number of likely N-dealkylation sites (N-methyl/N-ethyl adjacent to an activating group) is 1. The zero-order valence-electron chi connectivity index (χ0n) is 13.9. The van der Waals surface area contributed by atoms with Crippen LogP contribution in [-0.4, -0.2) is 54.1 Å². The molecule has 0 atom stereocenters. The Kier molecular flexibility index (Phi) is 5.79. The van der Waals surface area contributed by atoms with Gasteiger partial charge in [0.25, 0.3) is 0 Å². The first-order valence-electron chi connectivity index (χ1n) is 8.24. The predicted molar refractivity (Wildman–Crippen MR) is 89.2 cm³/mol. The van der Waals surface area contributed by atoms with Crippen molar-refractivity contribution < 1.29 is 0 Å². The summed E-state index contributed by atoms with van der Waals surface area (Å²) in [5.41, 5.74) is 0. The molecule has 0 aromatic carbocycles. The molecular weight excluding hydrogens is 262 g/mol. The second-order valence-electron chi connectivity index (χ2n) is 5.97. The van der Waals surface area contributed by atoms with E-state index < -0.39 is 0 Å². The van der Waals surface area contributed by atoms with Crippen LogP contribution in [0.2, 0.25) is 0 Å². The van der Waals surface area contributed by atoms with E-state index in [0.717, 1.165) is 63.1 Å².